The molecule has 3 heterocycles. The number of rotatable bonds is 7. The number of ether oxygens (including phenoxy) is 3. The normalized spacial score (nSPS) is 15.5. The summed E-state index contributed by atoms with van der Waals surface area (Å²) in [6.07, 6.45) is 4.76. The van der Waals surface area contributed by atoms with Crippen LogP contribution in [0.3, 0.4) is 0 Å². The highest BCUT2D eigenvalue weighted by Crippen LogP contribution is 2.40. The maximum atomic E-state index is 13.1. The van der Waals surface area contributed by atoms with Gasteiger partial charge in [-0.05, 0) is 31.0 Å². The molecule has 10 nitrogen and oxygen atoms in total. The number of H-pyrrole nitrogens is 1. The van der Waals surface area contributed by atoms with E-state index in [1.807, 2.05) is 12.1 Å². The van der Waals surface area contributed by atoms with Gasteiger partial charge in [0.1, 0.15) is 5.69 Å². The van der Waals surface area contributed by atoms with Crippen molar-refractivity contribution in [3.8, 4) is 28.5 Å². The second-order valence-corrected chi connectivity index (χ2v) is 7.90. The molecule has 1 aliphatic heterocycles. The topological polar surface area (TPSA) is 119 Å². The Hall–Kier alpha value is -4.08. The van der Waals surface area contributed by atoms with Gasteiger partial charge in [-0.2, -0.15) is 5.10 Å². The largest absolute Gasteiger partial charge is 0.493 e. The molecule has 10 heteroatoms. The first-order valence-corrected chi connectivity index (χ1v) is 10.9. The molecule has 3 aromatic rings. The minimum absolute atomic E-state index is 0.172. The van der Waals surface area contributed by atoms with Crippen LogP contribution in [0, 0.1) is 5.92 Å². The standard InChI is InChI=1S/C24H27N5O5/c1-32-20-11-17(12-21(33-2)22(20)34-3)26-23(30)16-5-4-10-29(14-16)24(31)19-13-18(27-28-19)15-6-8-25-9-7-15/h6-9,11-13,16H,4-5,10,14H2,1-3H3,(H,26,30)(H,27,28)/t16-/m1/s1. The van der Waals surface area contributed by atoms with E-state index in [2.05, 4.69) is 20.5 Å². The molecule has 0 bridgehead atoms. The lowest BCUT2D eigenvalue weighted by Crippen LogP contribution is -2.43. The van der Waals surface area contributed by atoms with Crippen LogP contribution in [0.25, 0.3) is 11.3 Å². The number of nitrogens with one attached hydrogen (secondary N) is 2. The number of likely N-dealkylation sites (tertiary alicyclic amines) is 1. The summed E-state index contributed by atoms with van der Waals surface area (Å²) in [6.45, 7) is 0.898. The molecular weight excluding hydrogens is 438 g/mol. The number of nitrogens with zero attached hydrogens (tertiary/aromatic N) is 3. The van der Waals surface area contributed by atoms with Gasteiger partial charge in [0.05, 0.1) is 32.9 Å². The van der Waals surface area contributed by atoms with Crippen LogP contribution in [0.4, 0.5) is 5.69 Å². The van der Waals surface area contributed by atoms with Gasteiger partial charge >= 0.3 is 0 Å². The Morgan fingerprint density at radius 3 is 2.41 bits per heavy atom. The van der Waals surface area contributed by atoms with Gasteiger partial charge in [0.25, 0.3) is 5.91 Å². The number of anilines is 1. The Labute approximate surface area is 197 Å². The third-order valence-corrected chi connectivity index (χ3v) is 5.80. The quantitative estimate of drug-likeness (QED) is 0.551. The van der Waals surface area contributed by atoms with E-state index in [-0.39, 0.29) is 17.7 Å². The lowest BCUT2D eigenvalue weighted by atomic mass is 9.96. The molecular formula is C24H27N5O5. The van der Waals surface area contributed by atoms with Crippen LogP contribution >= 0.6 is 0 Å². The summed E-state index contributed by atoms with van der Waals surface area (Å²) in [4.78, 5) is 31.8. The first-order valence-electron chi connectivity index (χ1n) is 10.9. The smallest absolute Gasteiger partial charge is 0.271 e. The van der Waals surface area contributed by atoms with Crippen molar-refractivity contribution in [3.05, 3.63) is 48.4 Å². The summed E-state index contributed by atoms with van der Waals surface area (Å²) in [5.74, 6) is 0.637. The van der Waals surface area contributed by atoms with Gasteiger partial charge in [0.15, 0.2) is 11.5 Å². The number of hydrogen-bond acceptors (Lipinski definition) is 7. The number of carbonyl (C=O) groups excluding carboxylic acids is 2. The van der Waals surface area contributed by atoms with Crippen LogP contribution in [0.1, 0.15) is 23.3 Å². The first-order chi connectivity index (χ1) is 16.5. The van der Waals surface area contributed by atoms with Gasteiger partial charge in [-0.25, -0.2) is 0 Å². The Balaban J connectivity index is 1.44. The molecule has 2 N–H and O–H groups in total. The predicted octanol–water partition coefficient (Wildman–Crippen LogP) is 2.99. The van der Waals surface area contributed by atoms with Gasteiger partial charge in [0.2, 0.25) is 11.7 Å². The van der Waals surface area contributed by atoms with E-state index < -0.39 is 0 Å². The van der Waals surface area contributed by atoms with Crippen molar-refractivity contribution in [3.63, 3.8) is 0 Å². The molecule has 2 aromatic heterocycles. The summed E-state index contributed by atoms with van der Waals surface area (Å²) >= 11 is 0. The van der Waals surface area contributed by atoms with E-state index >= 15 is 0 Å². The van der Waals surface area contributed by atoms with Gasteiger partial charge in [0, 0.05) is 48.9 Å². The summed E-state index contributed by atoms with van der Waals surface area (Å²) in [5.41, 5.74) is 2.45. The van der Waals surface area contributed by atoms with Crippen LogP contribution in [0.2, 0.25) is 0 Å². The number of aromatic nitrogens is 3. The van der Waals surface area contributed by atoms with E-state index in [0.29, 0.717) is 53.8 Å². The van der Waals surface area contributed by atoms with Crippen molar-refractivity contribution in [2.45, 2.75) is 12.8 Å². The maximum absolute atomic E-state index is 13.1. The molecule has 0 spiro atoms. The summed E-state index contributed by atoms with van der Waals surface area (Å²) < 4.78 is 16.0. The highest BCUT2D eigenvalue weighted by atomic mass is 16.5. The molecule has 0 aliphatic carbocycles. The average Bonchev–Trinajstić information content (AvgIpc) is 3.38. The molecule has 0 radical (unpaired) electrons. The number of pyridine rings is 1. The zero-order chi connectivity index (χ0) is 24.1. The van der Waals surface area contributed by atoms with Crippen LogP contribution < -0.4 is 19.5 Å². The molecule has 1 atom stereocenters. The fourth-order valence-electron chi connectivity index (χ4n) is 4.05. The minimum atomic E-state index is -0.348. The van der Waals surface area contributed by atoms with Crippen molar-refractivity contribution in [1.29, 1.82) is 0 Å². The highest BCUT2D eigenvalue weighted by Gasteiger charge is 2.30. The Kier molecular flexibility index (Phi) is 6.95. The van der Waals surface area contributed by atoms with Gasteiger partial charge in [-0.15, -0.1) is 0 Å². The number of carbonyl (C=O) groups is 2. The number of benzene rings is 1. The Morgan fingerprint density at radius 2 is 1.76 bits per heavy atom. The maximum Gasteiger partial charge on any atom is 0.271 e. The fraction of sp³-hybridized carbons (Fsp3) is 0.333. The molecule has 2 amide bonds. The molecule has 1 aromatic carbocycles. The zero-order valence-corrected chi connectivity index (χ0v) is 19.3. The summed E-state index contributed by atoms with van der Waals surface area (Å²) in [7, 11) is 4.55. The van der Waals surface area contributed by atoms with Gasteiger partial charge in [-0.1, -0.05) is 0 Å². The van der Waals surface area contributed by atoms with Crippen LogP contribution in [0.15, 0.2) is 42.7 Å². The molecule has 4 rings (SSSR count). The zero-order valence-electron chi connectivity index (χ0n) is 19.3. The average molecular weight is 466 g/mol. The van der Waals surface area contributed by atoms with Crippen molar-refractivity contribution in [2.75, 3.05) is 39.7 Å². The SMILES string of the molecule is COc1cc(NC(=O)[C@@H]2CCCN(C(=O)c3cc(-c4ccncc4)n[nH]3)C2)cc(OC)c1OC. The lowest BCUT2D eigenvalue weighted by molar-refractivity contribution is -0.121. The number of hydrogen-bond donors (Lipinski definition) is 2. The minimum Gasteiger partial charge on any atom is -0.493 e. The monoisotopic (exact) mass is 465 g/mol. The molecule has 1 fully saturated rings. The van der Waals surface area contributed by atoms with Gasteiger partial charge < -0.3 is 24.4 Å². The second-order valence-electron chi connectivity index (χ2n) is 7.90. The van der Waals surface area contributed by atoms with E-state index in [4.69, 9.17) is 14.2 Å². The Bertz CT molecular complexity index is 1140. The third kappa shape index (κ3) is 4.80. The summed E-state index contributed by atoms with van der Waals surface area (Å²) in [6, 6.07) is 8.73. The molecule has 178 valence electrons. The second kappa shape index (κ2) is 10.2. The molecule has 34 heavy (non-hydrogen) atoms. The van der Waals surface area contributed by atoms with E-state index in [9.17, 15) is 9.59 Å². The number of piperidine rings is 1. The van der Waals surface area contributed by atoms with Crippen molar-refractivity contribution >= 4 is 17.5 Å². The van der Waals surface area contributed by atoms with Crippen molar-refractivity contribution in [2.24, 2.45) is 5.92 Å². The van der Waals surface area contributed by atoms with Crippen LogP contribution in [0.5, 0.6) is 17.2 Å². The molecule has 1 aliphatic rings. The van der Waals surface area contributed by atoms with Crippen LogP contribution in [-0.4, -0.2) is 66.3 Å². The number of aromatic amines is 1. The predicted molar refractivity (Wildman–Crippen MR) is 125 cm³/mol. The summed E-state index contributed by atoms with van der Waals surface area (Å²) in [5, 5.41) is 9.98. The van der Waals surface area contributed by atoms with Crippen molar-refractivity contribution < 1.29 is 23.8 Å². The first kappa shape index (κ1) is 23.1. The lowest BCUT2D eigenvalue weighted by Gasteiger charge is -2.31. The molecule has 1 saturated heterocycles. The highest BCUT2D eigenvalue weighted by molar-refractivity contribution is 5.96. The molecule has 0 saturated carbocycles. The van der Waals surface area contributed by atoms with E-state index in [0.717, 1.165) is 12.0 Å². The fourth-order valence-corrected chi connectivity index (χ4v) is 4.05. The molecule has 0 unspecified atom stereocenters. The van der Waals surface area contributed by atoms with Crippen molar-refractivity contribution in [1.82, 2.24) is 20.1 Å². The Morgan fingerprint density at radius 1 is 1.06 bits per heavy atom. The third-order valence-electron chi connectivity index (χ3n) is 5.80. The van der Waals surface area contributed by atoms with Gasteiger partial charge in [-0.3, -0.25) is 19.7 Å². The van der Waals surface area contributed by atoms with Crippen LogP contribution in [-0.2, 0) is 4.79 Å². The van der Waals surface area contributed by atoms with E-state index in [1.165, 1.54) is 21.3 Å². The number of amides is 2. The number of methoxy groups -OCH3 is 3. The van der Waals surface area contributed by atoms with E-state index in [1.54, 1.807) is 35.5 Å².